The monoisotopic (exact) mass is 425 g/mol. The SMILES string of the molecule is CN=C(NCc1ccc(CN2CCOCC2)cc1)NCC(c1ccco1)N1CCCC1. The molecule has 0 bridgehead atoms. The van der Waals surface area contributed by atoms with E-state index in [1.54, 1.807) is 6.26 Å². The zero-order valence-electron chi connectivity index (χ0n) is 18.6. The second kappa shape index (κ2) is 11.3. The fraction of sp³-hybridized carbons (Fsp3) is 0.542. The molecule has 3 heterocycles. The van der Waals surface area contributed by atoms with E-state index in [-0.39, 0.29) is 6.04 Å². The van der Waals surface area contributed by atoms with E-state index in [0.29, 0.717) is 0 Å². The van der Waals surface area contributed by atoms with Crippen LogP contribution in [0.15, 0.2) is 52.1 Å². The van der Waals surface area contributed by atoms with E-state index in [1.807, 2.05) is 13.1 Å². The van der Waals surface area contributed by atoms with Crippen LogP contribution in [0, 0.1) is 0 Å². The van der Waals surface area contributed by atoms with Crippen molar-refractivity contribution in [2.75, 3.05) is 53.0 Å². The third-order valence-electron chi connectivity index (χ3n) is 6.13. The number of rotatable bonds is 8. The molecular weight excluding hydrogens is 390 g/mol. The lowest BCUT2D eigenvalue weighted by Gasteiger charge is -2.27. The molecule has 1 aromatic heterocycles. The summed E-state index contributed by atoms with van der Waals surface area (Å²) in [6.45, 7) is 8.46. The van der Waals surface area contributed by atoms with Gasteiger partial charge in [0.05, 0.1) is 25.5 Å². The molecule has 1 aromatic carbocycles. The lowest BCUT2D eigenvalue weighted by Crippen LogP contribution is -2.42. The molecule has 0 saturated carbocycles. The number of guanidine groups is 1. The number of hydrogen-bond donors (Lipinski definition) is 2. The molecule has 2 aromatic rings. The predicted molar refractivity (Wildman–Crippen MR) is 123 cm³/mol. The minimum Gasteiger partial charge on any atom is -0.468 e. The fourth-order valence-corrected chi connectivity index (χ4v) is 4.32. The maximum absolute atomic E-state index is 5.72. The number of aliphatic imine (C=N–C) groups is 1. The highest BCUT2D eigenvalue weighted by molar-refractivity contribution is 5.79. The topological polar surface area (TPSA) is 65.3 Å². The molecule has 31 heavy (non-hydrogen) atoms. The number of hydrogen-bond acceptors (Lipinski definition) is 5. The largest absolute Gasteiger partial charge is 0.468 e. The summed E-state index contributed by atoms with van der Waals surface area (Å²) in [5.74, 6) is 1.83. The highest BCUT2D eigenvalue weighted by Crippen LogP contribution is 2.24. The Labute approximate surface area is 185 Å². The second-order valence-corrected chi connectivity index (χ2v) is 8.29. The Morgan fingerprint density at radius 3 is 2.42 bits per heavy atom. The number of nitrogens with zero attached hydrogens (tertiary/aromatic N) is 3. The van der Waals surface area contributed by atoms with Crippen LogP contribution in [0.5, 0.6) is 0 Å². The van der Waals surface area contributed by atoms with Gasteiger partial charge in [-0.05, 0) is 49.2 Å². The van der Waals surface area contributed by atoms with Gasteiger partial charge in [-0.25, -0.2) is 0 Å². The van der Waals surface area contributed by atoms with E-state index in [0.717, 1.165) is 70.7 Å². The van der Waals surface area contributed by atoms with Gasteiger partial charge in [0.25, 0.3) is 0 Å². The van der Waals surface area contributed by atoms with Crippen LogP contribution >= 0.6 is 0 Å². The zero-order valence-corrected chi connectivity index (χ0v) is 18.6. The summed E-state index contributed by atoms with van der Waals surface area (Å²) in [7, 11) is 1.82. The molecule has 0 amide bonds. The molecule has 2 aliphatic rings. The number of benzene rings is 1. The van der Waals surface area contributed by atoms with Gasteiger partial charge in [0.15, 0.2) is 5.96 Å². The maximum Gasteiger partial charge on any atom is 0.191 e. The van der Waals surface area contributed by atoms with Crippen molar-refractivity contribution in [1.82, 2.24) is 20.4 Å². The van der Waals surface area contributed by atoms with Gasteiger partial charge in [-0.2, -0.15) is 0 Å². The van der Waals surface area contributed by atoms with Crippen LogP contribution in [0.4, 0.5) is 0 Å². The van der Waals surface area contributed by atoms with Crippen LogP contribution in [-0.4, -0.2) is 68.7 Å². The zero-order chi connectivity index (χ0) is 21.3. The van der Waals surface area contributed by atoms with Crippen LogP contribution < -0.4 is 10.6 Å². The van der Waals surface area contributed by atoms with Crippen molar-refractivity contribution in [3.05, 3.63) is 59.5 Å². The summed E-state index contributed by atoms with van der Waals surface area (Å²) in [6.07, 6.45) is 4.27. The Morgan fingerprint density at radius 2 is 1.74 bits per heavy atom. The van der Waals surface area contributed by atoms with E-state index in [1.165, 1.54) is 24.0 Å². The minimum atomic E-state index is 0.232. The van der Waals surface area contributed by atoms with Gasteiger partial charge >= 0.3 is 0 Å². The minimum absolute atomic E-state index is 0.232. The second-order valence-electron chi connectivity index (χ2n) is 8.29. The van der Waals surface area contributed by atoms with Gasteiger partial charge < -0.3 is 19.8 Å². The third-order valence-corrected chi connectivity index (χ3v) is 6.13. The van der Waals surface area contributed by atoms with Crippen LogP contribution in [0.3, 0.4) is 0 Å². The first-order chi connectivity index (χ1) is 15.3. The average Bonchev–Trinajstić information content (AvgIpc) is 3.53. The lowest BCUT2D eigenvalue weighted by molar-refractivity contribution is 0.0342. The van der Waals surface area contributed by atoms with Gasteiger partial charge in [0.2, 0.25) is 0 Å². The van der Waals surface area contributed by atoms with Gasteiger partial charge in [-0.15, -0.1) is 0 Å². The summed E-state index contributed by atoms with van der Waals surface area (Å²) >= 11 is 0. The van der Waals surface area contributed by atoms with E-state index in [2.05, 4.69) is 55.8 Å². The first kappa shape index (κ1) is 21.9. The summed E-state index contributed by atoms with van der Waals surface area (Å²) in [4.78, 5) is 9.34. The van der Waals surface area contributed by atoms with Crippen molar-refractivity contribution in [1.29, 1.82) is 0 Å². The van der Waals surface area contributed by atoms with Crippen molar-refractivity contribution in [3.63, 3.8) is 0 Å². The maximum atomic E-state index is 5.72. The van der Waals surface area contributed by atoms with Gasteiger partial charge in [0.1, 0.15) is 5.76 Å². The third kappa shape index (κ3) is 6.32. The van der Waals surface area contributed by atoms with Crippen molar-refractivity contribution >= 4 is 5.96 Å². The Bertz CT molecular complexity index is 794. The summed E-state index contributed by atoms with van der Waals surface area (Å²) in [5, 5.41) is 6.93. The molecule has 1 atom stereocenters. The van der Waals surface area contributed by atoms with E-state index in [9.17, 15) is 0 Å². The Hall–Kier alpha value is -2.35. The van der Waals surface area contributed by atoms with Crippen molar-refractivity contribution in [3.8, 4) is 0 Å². The summed E-state index contributed by atoms with van der Waals surface area (Å²) < 4.78 is 11.1. The first-order valence-electron chi connectivity index (χ1n) is 11.4. The van der Waals surface area contributed by atoms with Crippen LogP contribution in [0.25, 0.3) is 0 Å². The molecule has 0 aliphatic carbocycles. The molecule has 1 unspecified atom stereocenters. The van der Waals surface area contributed by atoms with Gasteiger partial charge in [-0.1, -0.05) is 24.3 Å². The highest BCUT2D eigenvalue weighted by Gasteiger charge is 2.25. The molecule has 7 nitrogen and oxygen atoms in total. The molecule has 7 heteroatoms. The van der Waals surface area contributed by atoms with Crippen molar-refractivity contribution < 1.29 is 9.15 Å². The number of furan rings is 1. The Balaban J connectivity index is 1.26. The van der Waals surface area contributed by atoms with Gasteiger partial charge in [0, 0.05) is 39.8 Å². The number of nitrogens with one attached hydrogen (secondary N) is 2. The molecule has 2 aliphatic heterocycles. The molecule has 2 saturated heterocycles. The van der Waals surface area contributed by atoms with Crippen molar-refractivity contribution in [2.45, 2.75) is 32.0 Å². The smallest absolute Gasteiger partial charge is 0.191 e. The van der Waals surface area contributed by atoms with E-state index >= 15 is 0 Å². The highest BCUT2D eigenvalue weighted by atomic mass is 16.5. The molecule has 4 rings (SSSR count). The number of likely N-dealkylation sites (tertiary alicyclic amines) is 1. The molecule has 2 N–H and O–H groups in total. The molecule has 2 fully saturated rings. The summed E-state index contributed by atoms with van der Waals surface area (Å²) in [6, 6.07) is 13.1. The summed E-state index contributed by atoms with van der Waals surface area (Å²) in [5.41, 5.74) is 2.59. The molecule has 168 valence electrons. The average molecular weight is 426 g/mol. The van der Waals surface area contributed by atoms with Crippen LogP contribution in [0.1, 0.15) is 35.8 Å². The number of morpholine rings is 1. The van der Waals surface area contributed by atoms with Gasteiger partial charge in [-0.3, -0.25) is 14.8 Å². The van der Waals surface area contributed by atoms with E-state index < -0.39 is 0 Å². The normalized spacial score (nSPS) is 19.5. The van der Waals surface area contributed by atoms with Crippen LogP contribution in [0.2, 0.25) is 0 Å². The fourth-order valence-electron chi connectivity index (χ4n) is 4.32. The molecular formula is C24H35N5O2. The van der Waals surface area contributed by atoms with Crippen molar-refractivity contribution in [2.24, 2.45) is 4.99 Å². The quantitative estimate of drug-likeness (QED) is 0.501. The predicted octanol–water partition coefficient (Wildman–Crippen LogP) is 2.61. The molecule has 0 radical (unpaired) electrons. The lowest BCUT2D eigenvalue weighted by atomic mass is 10.1. The molecule has 0 spiro atoms. The first-order valence-corrected chi connectivity index (χ1v) is 11.4. The number of ether oxygens (including phenoxy) is 1. The Kier molecular flexibility index (Phi) is 7.98. The standard InChI is InChI=1S/C24H35N5O2/c1-25-24(27-18-22(23-5-4-14-31-23)29-10-2-3-11-29)26-17-20-6-8-21(9-7-20)19-28-12-15-30-16-13-28/h4-9,14,22H,2-3,10-13,15-19H2,1H3,(H2,25,26,27). The van der Waals surface area contributed by atoms with E-state index in [4.69, 9.17) is 9.15 Å². The Morgan fingerprint density at radius 1 is 1.00 bits per heavy atom. The van der Waals surface area contributed by atoms with Crippen LogP contribution in [-0.2, 0) is 17.8 Å².